The molecule has 0 unspecified atom stereocenters. The summed E-state index contributed by atoms with van der Waals surface area (Å²) in [5.41, 5.74) is 0. The van der Waals surface area contributed by atoms with Crippen LogP contribution in [0.5, 0.6) is 0 Å². The Morgan fingerprint density at radius 3 is 2.60 bits per heavy atom. The molecule has 5 nitrogen and oxygen atoms in total. The molecule has 0 amide bonds. The maximum Gasteiger partial charge on any atom is 0.224 e. The molecular formula is C14H24ClN5. The Bertz CT molecular complexity index is 430. The van der Waals surface area contributed by atoms with Crippen LogP contribution in [0.25, 0.3) is 0 Å². The van der Waals surface area contributed by atoms with E-state index in [2.05, 4.69) is 45.9 Å². The van der Waals surface area contributed by atoms with E-state index < -0.39 is 0 Å². The zero-order valence-electron chi connectivity index (χ0n) is 12.6. The van der Waals surface area contributed by atoms with Gasteiger partial charge in [-0.15, -0.1) is 0 Å². The van der Waals surface area contributed by atoms with Gasteiger partial charge in [0.15, 0.2) is 5.82 Å². The van der Waals surface area contributed by atoms with Crippen LogP contribution >= 0.6 is 11.6 Å². The van der Waals surface area contributed by atoms with Crippen molar-refractivity contribution in [1.29, 1.82) is 0 Å². The van der Waals surface area contributed by atoms with Crippen LogP contribution in [0, 0.1) is 0 Å². The topological polar surface area (TPSA) is 44.3 Å². The van der Waals surface area contributed by atoms with Gasteiger partial charge in [-0.2, -0.15) is 4.98 Å². The van der Waals surface area contributed by atoms with Crippen LogP contribution in [0.4, 0.5) is 11.8 Å². The van der Waals surface area contributed by atoms with Gasteiger partial charge in [0.25, 0.3) is 0 Å². The van der Waals surface area contributed by atoms with E-state index in [9.17, 15) is 0 Å². The van der Waals surface area contributed by atoms with E-state index in [0.29, 0.717) is 17.0 Å². The van der Waals surface area contributed by atoms with Crippen molar-refractivity contribution in [3.63, 3.8) is 0 Å². The lowest BCUT2D eigenvalue weighted by Crippen LogP contribution is -2.49. The monoisotopic (exact) mass is 297 g/mol. The second-order valence-electron chi connectivity index (χ2n) is 5.41. The summed E-state index contributed by atoms with van der Waals surface area (Å²) in [6.45, 7) is 11.5. The quantitative estimate of drug-likeness (QED) is 0.904. The molecule has 2 heterocycles. The first-order valence-electron chi connectivity index (χ1n) is 7.37. The molecule has 0 radical (unpaired) electrons. The molecule has 1 aliphatic heterocycles. The summed E-state index contributed by atoms with van der Waals surface area (Å²) in [7, 11) is 0. The minimum atomic E-state index is 0.597. The third-order valence-corrected chi connectivity index (χ3v) is 3.87. The highest BCUT2D eigenvalue weighted by molar-refractivity contribution is 6.32. The number of halogens is 1. The summed E-state index contributed by atoms with van der Waals surface area (Å²) in [4.78, 5) is 13.5. The predicted molar refractivity (Wildman–Crippen MR) is 84.7 cm³/mol. The fourth-order valence-corrected chi connectivity index (χ4v) is 2.56. The smallest absolute Gasteiger partial charge is 0.224 e. The molecule has 0 bridgehead atoms. The van der Waals surface area contributed by atoms with Crippen molar-refractivity contribution >= 4 is 23.4 Å². The van der Waals surface area contributed by atoms with Crippen LogP contribution < -0.4 is 10.2 Å². The van der Waals surface area contributed by atoms with E-state index in [0.717, 1.165) is 45.0 Å². The van der Waals surface area contributed by atoms with Crippen LogP contribution in [0.15, 0.2) is 6.20 Å². The summed E-state index contributed by atoms with van der Waals surface area (Å²) in [6.07, 6.45) is 2.74. The maximum atomic E-state index is 6.25. The van der Waals surface area contributed by atoms with E-state index >= 15 is 0 Å². The number of rotatable bonds is 5. The largest absolute Gasteiger partial charge is 0.354 e. The van der Waals surface area contributed by atoms with Gasteiger partial charge in [-0.25, -0.2) is 4.98 Å². The highest BCUT2D eigenvalue weighted by Crippen LogP contribution is 2.25. The number of hydrogen-bond donors (Lipinski definition) is 1. The number of piperazine rings is 1. The van der Waals surface area contributed by atoms with E-state index in [4.69, 9.17) is 11.6 Å². The Morgan fingerprint density at radius 1 is 1.30 bits per heavy atom. The van der Waals surface area contributed by atoms with Crippen molar-refractivity contribution in [2.45, 2.75) is 33.2 Å². The first-order chi connectivity index (χ1) is 9.61. The SMILES string of the molecule is CCCNc1ncc(Cl)c(N2CCN(C(C)C)CC2)n1. The van der Waals surface area contributed by atoms with E-state index in [1.165, 1.54) is 0 Å². The van der Waals surface area contributed by atoms with Gasteiger partial charge in [-0.05, 0) is 20.3 Å². The highest BCUT2D eigenvalue weighted by atomic mass is 35.5. The van der Waals surface area contributed by atoms with Crippen molar-refractivity contribution in [3.05, 3.63) is 11.2 Å². The molecule has 0 saturated carbocycles. The summed E-state index contributed by atoms with van der Waals surface area (Å²) in [6, 6.07) is 0.597. The zero-order chi connectivity index (χ0) is 14.5. The van der Waals surface area contributed by atoms with Crippen LogP contribution in [0.3, 0.4) is 0 Å². The number of anilines is 2. The molecule has 1 aromatic rings. The molecule has 1 aromatic heterocycles. The Hall–Kier alpha value is -1.07. The van der Waals surface area contributed by atoms with Crippen LogP contribution in [-0.2, 0) is 0 Å². The predicted octanol–water partition coefficient (Wildman–Crippen LogP) is 2.48. The molecule has 0 atom stereocenters. The van der Waals surface area contributed by atoms with Gasteiger partial charge in [-0.3, -0.25) is 4.90 Å². The maximum absolute atomic E-state index is 6.25. The Labute approximate surface area is 126 Å². The summed E-state index contributed by atoms with van der Waals surface area (Å²) in [5, 5.41) is 3.84. The molecular weight excluding hydrogens is 274 g/mol. The second kappa shape index (κ2) is 7.09. The van der Waals surface area contributed by atoms with Crippen molar-refractivity contribution < 1.29 is 0 Å². The molecule has 2 rings (SSSR count). The van der Waals surface area contributed by atoms with Crippen molar-refractivity contribution in [2.75, 3.05) is 42.9 Å². The molecule has 112 valence electrons. The van der Waals surface area contributed by atoms with Crippen molar-refractivity contribution in [1.82, 2.24) is 14.9 Å². The third-order valence-electron chi connectivity index (χ3n) is 3.60. The minimum absolute atomic E-state index is 0.597. The summed E-state index contributed by atoms with van der Waals surface area (Å²) in [5.74, 6) is 1.52. The van der Waals surface area contributed by atoms with Gasteiger partial charge >= 0.3 is 0 Å². The van der Waals surface area contributed by atoms with Gasteiger partial charge in [0.05, 0.1) is 6.20 Å². The average Bonchev–Trinajstić information content (AvgIpc) is 2.46. The van der Waals surface area contributed by atoms with Crippen LogP contribution in [0.1, 0.15) is 27.2 Å². The van der Waals surface area contributed by atoms with Crippen molar-refractivity contribution in [3.8, 4) is 0 Å². The van der Waals surface area contributed by atoms with E-state index in [1.807, 2.05) is 0 Å². The van der Waals surface area contributed by atoms with Gasteiger partial charge < -0.3 is 10.2 Å². The number of nitrogens with zero attached hydrogens (tertiary/aromatic N) is 4. The molecule has 1 N–H and O–H groups in total. The Kier molecular flexibility index (Phi) is 5.43. The summed E-state index contributed by atoms with van der Waals surface area (Å²) >= 11 is 6.25. The second-order valence-corrected chi connectivity index (χ2v) is 5.82. The Morgan fingerprint density at radius 2 is 2.00 bits per heavy atom. The normalized spacial score (nSPS) is 16.8. The van der Waals surface area contributed by atoms with Gasteiger partial charge in [0.2, 0.25) is 5.95 Å². The van der Waals surface area contributed by atoms with E-state index in [-0.39, 0.29) is 0 Å². The van der Waals surface area contributed by atoms with Gasteiger partial charge in [0, 0.05) is 38.8 Å². The highest BCUT2D eigenvalue weighted by Gasteiger charge is 2.21. The van der Waals surface area contributed by atoms with Gasteiger partial charge in [0.1, 0.15) is 5.02 Å². The van der Waals surface area contributed by atoms with Crippen LogP contribution in [0.2, 0.25) is 5.02 Å². The molecule has 0 aliphatic carbocycles. The minimum Gasteiger partial charge on any atom is -0.354 e. The lowest BCUT2D eigenvalue weighted by atomic mass is 10.2. The first kappa shape index (κ1) is 15.3. The molecule has 0 aromatic carbocycles. The fourth-order valence-electron chi connectivity index (χ4n) is 2.35. The van der Waals surface area contributed by atoms with Crippen molar-refractivity contribution in [2.24, 2.45) is 0 Å². The molecule has 6 heteroatoms. The summed E-state index contributed by atoms with van der Waals surface area (Å²) < 4.78 is 0. The standard InChI is InChI=1S/C14H24ClN5/c1-4-5-16-14-17-10-12(15)13(18-14)20-8-6-19(7-9-20)11(2)3/h10-11H,4-9H2,1-3H3,(H,16,17,18). The van der Waals surface area contributed by atoms with E-state index in [1.54, 1.807) is 6.20 Å². The Balaban J connectivity index is 2.05. The number of nitrogens with one attached hydrogen (secondary N) is 1. The third kappa shape index (κ3) is 3.73. The molecule has 1 saturated heterocycles. The molecule has 1 aliphatic rings. The number of aromatic nitrogens is 2. The first-order valence-corrected chi connectivity index (χ1v) is 7.75. The lowest BCUT2D eigenvalue weighted by molar-refractivity contribution is 0.209. The fraction of sp³-hybridized carbons (Fsp3) is 0.714. The molecule has 1 fully saturated rings. The van der Waals surface area contributed by atoms with Crippen LogP contribution in [-0.4, -0.2) is 53.6 Å². The molecule has 0 spiro atoms. The lowest BCUT2D eigenvalue weighted by Gasteiger charge is -2.37. The van der Waals surface area contributed by atoms with Gasteiger partial charge in [-0.1, -0.05) is 18.5 Å². The average molecular weight is 298 g/mol. The zero-order valence-corrected chi connectivity index (χ0v) is 13.3. The number of hydrogen-bond acceptors (Lipinski definition) is 5. The molecule has 20 heavy (non-hydrogen) atoms.